The van der Waals surface area contributed by atoms with Crippen molar-refractivity contribution in [3.63, 3.8) is 0 Å². The van der Waals surface area contributed by atoms with Crippen molar-refractivity contribution in [2.24, 2.45) is 11.1 Å². The van der Waals surface area contributed by atoms with Gasteiger partial charge >= 0.3 is 0 Å². The summed E-state index contributed by atoms with van der Waals surface area (Å²) >= 11 is 1.07. The molecule has 0 aromatic carbocycles. The molecule has 1 rings (SSSR count). The van der Waals surface area contributed by atoms with E-state index in [0.29, 0.717) is 6.54 Å². The summed E-state index contributed by atoms with van der Waals surface area (Å²) in [6.07, 6.45) is 0. The molecule has 0 fully saturated rings. The molecular formula is C9H14N2O3S2. The third-order valence-corrected chi connectivity index (χ3v) is 4.40. The molecule has 0 saturated carbocycles. The van der Waals surface area contributed by atoms with Crippen LogP contribution in [0.15, 0.2) is 16.3 Å². The van der Waals surface area contributed by atoms with E-state index in [4.69, 9.17) is 5.14 Å². The van der Waals surface area contributed by atoms with Gasteiger partial charge in [0.25, 0.3) is 0 Å². The third-order valence-electron chi connectivity index (χ3n) is 1.88. The lowest BCUT2D eigenvalue weighted by Crippen LogP contribution is -2.26. The number of carbonyl (C=O) groups excluding carboxylic acids is 1. The van der Waals surface area contributed by atoms with Crippen LogP contribution < -0.4 is 10.5 Å². The van der Waals surface area contributed by atoms with E-state index in [1.807, 2.05) is 0 Å². The summed E-state index contributed by atoms with van der Waals surface area (Å²) in [6.45, 7) is 3.91. The number of carbonyl (C=O) groups is 1. The molecular weight excluding hydrogens is 248 g/mol. The van der Waals surface area contributed by atoms with Crippen LogP contribution in [0.4, 0.5) is 0 Å². The van der Waals surface area contributed by atoms with Crippen LogP contribution in [0, 0.1) is 5.92 Å². The Morgan fingerprint density at radius 2 is 2.12 bits per heavy atom. The topological polar surface area (TPSA) is 89.3 Å². The van der Waals surface area contributed by atoms with E-state index in [1.165, 1.54) is 6.07 Å². The number of rotatable bonds is 4. The summed E-state index contributed by atoms with van der Waals surface area (Å²) in [5.74, 6) is -0.150. The lowest BCUT2D eigenvalue weighted by Gasteiger charge is -2.05. The maximum atomic E-state index is 11.3. The van der Waals surface area contributed by atoms with Gasteiger partial charge in [0.1, 0.15) is 4.21 Å². The quantitative estimate of drug-likeness (QED) is 0.835. The monoisotopic (exact) mass is 262 g/mol. The highest BCUT2D eigenvalue weighted by molar-refractivity contribution is 7.91. The maximum Gasteiger partial charge on any atom is 0.247 e. The van der Waals surface area contributed by atoms with E-state index in [1.54, 1.807) is 19.9 Å². The van der Waals surface area contributed by atoms with Crippen LogP contribution in [0.25, 0.3) is 0 Å². The van der Waals surface area contributed by atoms with Crippen molar-refractivity contribution >= 4 is 27.3 Å². The Morgan fingerprint density at radius 3 is 2.56 bits per heavy atom. The van der Waals surface area contributed by atoms with Gasteiger partial charge in [-0.25, -0.2) is 13.6 Å². The van der Waals surface area contributed by atoms with Crippen molar-refractivity contribution in [2.45, 2.75) is 24.6 Å². The number of nitrogens with two attached hydrogens (primary N) is 1. The zero-order valence-electron chi connectivity index (χ0n) is 9.06. The lowest BCUT2D eigenvalue weighted by molar-refractivity contribution is -0.124. The summed E-state index contributed by atoms with van der Waals surface area (Å²) in [4.78, 5) is 12.0. The SMILES string of the molecule is CC(C)C(=O)NCc1ccc(S(N)(=O)=O)s1. The number of primary sulfonamides is 1. The van der Waals surface area contributed by atoms with E-state index in [-0.39, 0.29) is 16.0 Å². The molecule has 0 spiro atoms. The van der Waals surface area contributed by atoms with Crippen LogP contribution in [0.5, 0.6) is 0 Å². The van der Waals surface area contributed by atoms with Crippen LogP contribution >= 0.6 is 11.3 Å². The van der Waals surface area contributed by atoms with E-state index < -0.39 is 10.0 Å². The van der Waals surface area contributed by atoms with Crippen molar-refractivity contribution in [3.05, 3.63) is 17.0 Å². The van der Waals surface area contributed by atoms with E-state index in [0.717, 1.165) is 16.2 Å². The van der Waals surface area contributed by atoms with Crippen molar-refractivity contribution in [1.29, 1.82) is 0 Å². The van der Waals surface area contributed by atoms with Gasteiger partial charge < -0.3 is 5.32 Å². The molecule has 0 bridgehead atoms. The Hall–Kier alpha value is -0.920. The molecule has 1 aromatic heterocycles. The lowest BCUT2D eigenvalue weighted by atomic mass is 10.2. The van der Waals surface area contributed by atoms with E-state index in [9.17, 15) is 13.2 Å². The maximum absolute atomic E-state index is 11.3. The Balaban J connectivity index is 2.64. The summed E-state index contributed by atoms with van der Waals surface area (Å²) in [5.41, 5.74) is 0. The first kappa shape index (κ1) is 13.1. The second kappa shape index (κ2) is 4.94. The van der Waals surface area contributed by atoms with Gasteiger partial charge in [0.15, 0.2) is 0 Å². The highest BCUT2D eigenvalue weighted by atomic mass is 32.2. The molecule has 1 amide bonds. The van der Waals surface area contributed by atoms with Crippen molar-refractivity contribution < 1.29 is 13.2 Å². The molecule has 90 valence electrons. The number of thiophene rings is 1. The van der Waals surface area contributed by atoms with Crippen molar-refractivity contribution in [1.82, 2.24) is 5.32 Å². The van der Waals surface area contributed by atoms with Crippen LogP contribution in [-0.2, 0) is 21.4 Å². The third kappa shape index (κ3) is 3.58. The average molecular weight is 262 g/mol. The molecule has 3 N–H and O–H groups in total. The Morgan fingerprint density at radius 1 is 1.50 bits per heavy atom. The molecule has 0 aliphatic heterocycles. The largest absolute Gasteiger partial charge is 0.351 e. The highest BCUT2D eigenvalue weighted by Gasteiger charge is 2.12. The number of sulfonamides is 1. The summed E-state index contributed by atoms with van der Waals surface area (Å²) < 4.78 is 22.1. The molecule has 0 aliphatic carbocycles. The summed E-state index contributed by atoms with van der Waals surface area (Å²) in [7, 11) is -3.63. The summed E-state index contributed by atoms with van der Waals surface area (Å²) in [6, 6.07) is 3.09. The fourth-order valence-electron chi connectivity index (χ4n) is 0.985. The number of amides is 1. The number of hydrogen-bond donors (Lipinski definition) is 2. The molecule has 0 atom stereocenters. The molecule has 16 heavy (non-hydrogen) atoms. The van der Waals surface area contributed by atoms with E-state index >= 15 is 0 Å². The Bertz CT molecular complexity index is 477. The fourth-order valence-corrected chi connectivity index (χ4v) is 2.70. The predicted octanol–water partition coefficient (Wildman–Crippen LogP) is 0.668. The second-order valence-corrected chi connectivity index (χ2v) is 6.59. The molecule has 0 aliphatic rings. The first-order valence-corrected chi connectivity index (χ1v) is 7.06. The van der Waals surface area contributed by atoms with Gasteiger partial charge in [-0.3, -0.25) is 4.79 Å². The Labute approximate surface area is 98.7 Å². The van der Waals surface area contributed by atoms with Gasteiger partial charge in [0.05, 0.1) is 6.54 Å². The molecule has 1 heterocycles. The number of nitrogens with one attached hydrogen (secondary N) is 1. The second-order valence-electron chi connectivity index (χ2n) is 3.64. The van der Waals surface area contributed by atoms with Gasteiger partial charge in [-0.1, -0.05) is 13.8 Å². The van der Waals surface area contributed by atoms with Gasteiger partial charge in [0.2, 0.25) is 15.9 Å². The molecule has 1 aromatic rings. The predicted molar refractivity (Wildman–Crippen MR) is 62.4 cm³/mol. The molecule has 0 radical (unpaired) electrons. The van der Waals surface area contributed by atoms with E-state index in [2.05, 4.69) is 5.32 Å². The molecule has 0 saturated heterocycles. The Kier molecular flexibility index (Phi) is 4.06. The van der Waals surface area contributed by atoms with Crippen LogP contribution in [0.2, 0.25) is 0 Å². The molecule has 5 nitrogen and oxygen atoms in total. The van der Waals surface area contributed by atoms with Crippen molar-refractivity contribution in [3.8, 4) is 0 Å². The normalized spacial score (nSPS) is 11.8. The number of hydrogen-bond acceptors (Lipinski definition) is 4. The highest BCUT2D eigenvalue weighted by Crippen LogP contribution is 2.19. The molecule has 0 unspecified atom stereocenters. The van der Waals surface area contributed by atoms with Crippen LogP contribution in [0.1, 0.15) is 18.7 Å². The average Bonchev–Trinajstić information content (AvgIpc) is 2.61. The smallest absolute Gasteiger partial charge is 0.247 e. The minimum absolute atomic E-state index is 0.0643. The van der Waals surface area contributed by atoms with Crippen LogP contribution in [0.3, 0.4) is 0 Å². The summed E-state index contributed by atoms with van der Waals surface area (Å²) in [5, 5.41) is 7.67. The zero-order chi connectivity index (χ0) is 12.3. The van der Waals surface area contributed by atoms with Gasteiger partial charge in [0, 0.05) is 10.8 Å². The first-order chi connectivity index (χ1) is 7.30. The van der Waals surface area contributed by atoms with Gasteiger partial charge in [-0.15, -0.1) is 11.3 Å². The fraction of sp³-hybridized carbons (Fsp3) is 0.444. The minimum atomic E-state index is -3.63. The van der Waals surface area contributed by atoms with Gasteiger partial charge in [-0.05, 0) is 12.1 Å². The molecule has 7 heteroatoms. The first-order valence-electron chi connectivity index (χ1n) is 4.70. The van der Waals surface area contributed by atoms with Crippen LogP contribution in [-0.4, -0.2) is 14.3 Å². The van der Waals surface area contributed by atoms with Crippen molar-refractivity contribution in [2.75, 3.05) is 0 Å². The zero-order valence-corrected chi connectivity index (χ0v) is 10.7. The minimum Gasteiger partial charge on any atom is -0.351 e. The standard InChI is InChI=1S/C9H14N2O3S2/c1-6(2)9(12)11-5-7-3-4-8(15-7)16(10,13)14/h3-4,6H,5H2,1-2H3,(H,11,12)(H2,10,13,14). The van der Waals surface area contributed by atoms with Gasteiger partial charge in [-0.2, -0.15) is 0 Å².